The summed E-state index contributed by atoms with van der Waals surface area (Å²) in [6, 6.07) is 2.58. The molecule has 0 radical (unpaired) electrons. The van der Waals surface area contributed by atoms with Gasteiger partial charge in [-0.2, -0.15) is 5.10 Å². The van der Waals surface area contributed by atoms with E-state index in [9.17, 15) is 4.79 Å². The van der Waals surface area contributed by atoms with Crippen molar-refractivity contribution in [2.24, 2.45) is 13.0 Å². The highest BCUT2D eigenvalue weighted by molar-refractivity contribution is 5.92. The monoisotopic (exact) mass is 263 g/mol. The van der Waals surface area contributed by atoms with Crippen LogP contribution < -0.4 is 0 Å². The van der Waals surface area contributed by atoms with Crippen molar-refractivity contribution < 1.29 is 4.79 Å². The minimum atomic E-state index is 0.0914. The summed E-state index contributed by atoms with van der Waals surface area (Å²) in [6.07, 6.45) is 3.54. The maximum Gasteiger partial charge on any atom is 0.177 e. The number of piperidine rings is 1. The summed E-state index contributed by atoms with van der Waals surface area (Å²) in [5.74, 6) is 0.763. The van der Waals surface area contributed by atoms with Gasteiger partial charge >= 0.3 is 0 Å². The Morgan fingerprint density at radius 3 is 2.84 bits per heavy atom. The molecule has 1 saturated heterocycles. The number of aromatic nitrogens is 2. The summed E-state index contributed by atoms with van der Waals surface area (Å²) in [5, 5.41) is 4.47. The van der Waals surface area contributed by atoms with Crippen molar-refractivity contribution in [3.63, 3.8) is 0 Å². The van der Waals surface area contributed by atoms with E-state index in [2.05, 4.69) is 23.8 Å². The van der Waals surface area contributed by atoms with Crippen LogP contribution in [0.1, 0.15) is 49.8 Å². The number of nitrogens with zero attached hydrogens (tertiary/aromatic N) is 3. The molecule has 0 aromatic carbocycles. The predicted octanol–water partition coefficient (Wildman–Crippen LogP) is 2.29. The Labute approximate surface area is 115 Å². The van der Waals surface area contributed by atoms with E-state index in [-0.39, 0.29) is 5.78 Å². The molecule has 2 rings (SSSR count). The Balaban J connectivity index is 2.01. The van der Waals surface area contributed by atoms with Crippen LogP contribution in [0.2, 0.25) is 0 Å². The SMILES string of the molecule is CC(=O)c1cc(CC2CCCN(C(C)C)C2)nn1C. The Bertz CT molecular complexity index is 450. The van der Waals surface area contributed by atoms with E-state index in [1.165, 1.54) is 19.4 Å². The number of ketones is 1. The van der Waals surface area contributed by atoms with Crippen LogP contribution in [0.4, 0.5) is 0 Å². The maximum atomic E-state index is 11.4. The molecule has 0 bridgehead atoms. The molecule has 0 N–H and O–H groups in total. The van der Waals surface area contributed by atoms with Gasteiger partial charge in [0, 0.05) is 26.6 Å². The fourth-order valence-electron chi connectivity index (χ4n) is 2.98. The zero-order valence-electron chi connectivity index (χ0n) is 12.5. The molecule has 1 aromatic rings. The van der Waals surface area contributed by atoms with Gasteiger partial charge < -0.3 is 4.90 Å². The Hall–Kier alpha value is -1.16. The summed E-state index contributed by atoms with van der Waals surface area (Å²) >= 11 is 0. The number of aryl methyl sites for hydroxylation is 1. The highest BCUT2D eigenvalue weighted by atomic mass is 16.1. The fraction of sp³-hybridized carbons (Fsp3) is 0.733. The third kappa shape index (κ3) is 3.44. The molecule has 4 heteroatoms. The first kappa shape index (κ1) is 14.3. The van der Waals surface area contributed by atoms with E-state index in [4.69, 9.17) is 0 Å². The van der Waals surface area contributed by atoms with Crippen molar-refractivity contribution >= 4 is 5.78 Å². The lowest BCUT2D eigenvalue weighted by molar-refractivity contribution is 0.100. The van der Waals surface area contributed by atoms with Crippen LogP contribution in [0.5, 0.6) is 0 Å². The smallest absolute Gasteiger partial charge is 0.177 e. The van der Waals surface area contributed by atoms with Crippen molar-refractivity contribution in [3.8, 4) is 0 Å². The van der Waals surface area contributed by atoms with Gasteiger partial charge in [0.15, 0.2) is 5.78 Å². The highest BCUT2D eigenvalue weighted by Gasteiger charge is 2.23. The molecule has 2 heterocycles. The number of likely N-dealkylation sites (tertiary alicyclic amines) is 1. The van der Waals surface area contributed by atoms with Gasteiger partial charge in [-0.25, -0.2) is 0 Å². The zero-order chi connectivity index (χ0) is 14.0. The lowest BCUT2D eigenvalue weighted by atomic mass is 9.92. The van der Waals surface area contributed by atoms with E-state index in [1.807, 2.05) is 13.1 Å². The van der Waals surface area contributed by atoms with Crippen molar-refractivity contribution in [1.29, 1.82) is 0 Å². The van der Waals surface area contributed by atoms with Crippen LogP contribution in [0.25, 0.3) is 0 Å². The molecule has 1 fully saturated rings. The highest BCUT2D eigenvalue weighted by Crippen LogP contribution is 2.22. The van der Waals surface area contributed by atoms with Crippen molar-refractivity contribution in [3.05, 3.63) is 17.5 Å². The van der Waals surface area contributed by atoms with Crippen molar-refractivity contribution in [2.75, 3.05) is 13.1 Å². The van der Waals surface area contributed by atoms with Crippen LogP contribution in [0.3, 0.4) is 0 Å². The molecule has 106 valence electrons. The average Bonchev–Trinajstić information content (AvgIpc) is 2.70. The summed E-state index contributed by atoms with van der Waals surface area (Å²) in [4.78, 5) is 14.0. The number of rotatable bonds is 4. The second-order valence-electron chi connectivity index (χ2n) is 6.00. The van der Waals surface area contributed by atoms with Crippen molar-refractivity contribution in [2.45, 2.75) is 46.1 Å². The molecular weight excluding hydrogens is 238 g/mol. The van der Waals surface area contributed by atoms with Crippen LogP contribution in [-0.4, -0.2) is 39.6 Å². The van der Waals surface area contributed by atoms with Gasteiger partial charge in [0.1, 0.15) is 5.69 Å². The van der Waals surface area contributed by atoms with Gasteiger partial charge in [0.05, 0.1) is 5.69 Å². The third-order valence-electron chi connectivity index (χ3n) is 4.07. The average molecular weight is 263 g/mol. The number of Topliss-reactive ketones (excluding diaryl/α,β-unsaturated/α-hetero) is 1. The van der Waals surface area contributed by atoms with E-state index in [1.54, 1.807) is 11.6 Å². The van der Waals surface area contributed by atoms with Crippen LogP contribution in [-0.2, 0) is 13.5 Å². The molecule has 1 atom stereocenters. The second-order valence-corrected chi connectivity index (χ2v) is 6.00. The Kier molecular flexibility index (Phi) is 4.40. The van der Waals surface area contributed by atoms with Gasteiger partial charge in [0.2, 0.25) is 0 Å². The second kappa shape index (κ2) is 5.87. The Morgan fingerprint density at radius 1 is 1.53 bits per heavy atom. The van der Waals surface area contributed by atoms with Gasteiger partial charge in [-0.05, 0) is 51.6 Å². The zero-order valence-corrected chi connectivity index (χ0v) is 12.5. The molecule has 0 aliphatic carbocycles. The summed E-state index contributed by atoms with van der Waals surface area (Å²) in [7, 11) is 1.85. The summed E-state index contributed by atoms with van der Waals surface area (Å²) < 4.78 is 1.71. The van der Waals surface area contributed by atoms with E-state index < -0.39 is 0 Å². The van der Waals surface area contributed by atoms with E-state index in [0.29, 0.717) is 17.7 Å². The number of hydrogen-bond donors (Lipinski definition) is 0. The number of carbonyl (C=O) groups excluding carboxylic acids is 1. The molecule has 0 spiro atoms. The summed E-state index contributed by atoms with van der Waals surface area (Å²) in [5.41, 5.74) is 1.77. The first-order valence-corrected chi connectivity index (χ1v) is 7.25. The van der Waals surface area contributed by atoms with Crippen LogP contribution in [0.15, 0.2) is 6.07 Å². The first-order valence-electron chi connectivity index (χ1n) is 7.25. The standard InChI is InChI=1S/C15H25N3O/c1-11(2)18-7-5-6-13(10-18)8-14-9-15(12(3)19)17(4)16-14/h9,11,13H,5-8,10H2,1-4H3. The molecule has 4 nitrogen and oxygen atoms in total. The largest absolute Gasteiger partial charge is 0.301 e. The molecule has 1 unspecified atom stereocenters. The third-order valence-corrected chi connectivity index (χ3v) is 4.07. The molecule has 1 aliphatic heterocycles. The molecule has 0 saturated carbocycles. The maximum absolute atomic E-state index is 11.4. The van der Waals surface area contributed by atoms with Crippen LogP contribution >= 0.6 is 0 Å². The topological polar surface area (TPSA) is 38.1 Å². The number of hydrogen-bond acceptors (Lipinski definition) is 3. The first-order chi connectivity index (χ1) is 8.97. The van der Waals surface area contributed by atoms with E-state index in [0.717, 1.165) is 18.7 Å². The Morgan fingerprint density at radius 2 is 2.26 bits per heavy atom. The molecule has 1 aromatic heterocycles. The van der Waals surface area contributed by atoms with Crippen LogP contribution in [0, 0.1) is 5.92 Å². The van der Waals surface area contributed by atoms with Gasteiger partial charge in [0.25, 0.3) is 0 Å². The molecular formula is C15H25N3O. The normalized spacial score (nSPS) is 21.0. The minimum absolute atomic E-state index is 0.0914. The lowest BCUT2D eigenvalue weighted by Gasteiger charge is -2.35. The quantitative estimate of drug-likeness (QED) is 0.782. The molecule has 19 heavy (non-hydrogen) atoms. The molecule has 0 amide bonds. The van der Waals surface area contributed by atoms with Crippen molar-refractivity contribution in [1.82, 2.24) is 14.7 Å². The van der Waals surface area contributed by atoms with Gasteiger partial charge in [-0.3, -0.25) is 9.48 Å². The van der Waals surface area contributed by atoms with E-state index >= 15 is 0 Å². The summed E-state index contributed by atoms with van der Waals surface area (Å²) in [6.45, 7) is 8.49. The predicted molar refractivity (Wildman–Crippen MR) is 76.3 cm³/mol. The fourth-order valence-corrected chi connectivity index (χ4v) is 2.98. The number of carbonyl (C=O) groups is 1. The van der Waals surface area contributed by atoms with Gasteiger partial charge in [-0.15, -0.1) is 0 Å². The lowest BCUT2D eigenvalue weighted by Crippen LogP contribution is -2.40. The molecule has 1 aliphatic rings. The minimum Gasteiger partial charge on any atom is -0.301 e. The van der Waals surface area contributed by atoms with Gasteiger partial charge in [-0.1, -0.05) is 0 Å².